The summed E-state index contributed by atoms with van der Waals surface area (Å²) in [7, 11) is 0. The Bertz CT molecular complexity index is 560. The summed E-state index contributed by atoms with van der Waals surface area (Å²) in [6, 6.07) is 5.19. The summed E-state index contributed by atoms with van der Waals surface area (Å²) < 4.78 is 2.17. The number of rotatable bonds is 3. The Kier molecular flexibility index (Phi) is 3.22. The van der Waals surface area contributed by atoms with E-state index in [9.17, 15) is 4.79 Å². The molecule has 0 bridgehead atoms. The Morgan fingerprint density at radius 1 is 1.53 bits per heavy atom. The van der Waals surface area contributed by atoms with Crippen molar-refractivity contribution in [1.82, 2.24) is 9.78 Å². The average Bonchev–Trinajstić information content (AvgIpc) is 2.82. The van der Waals surface area contributed by atoms with E-state index < -0.39 is 5.97 Å². The Labute approximate surface area is 107 Å². The van der Waals surface area contributed by atoms with E-state index in [2.05, 4.69) is 5.10 Å². The van der Waals surface area contributed by atoms with E-state index in [1.807, 2.05) is 19.9 Å². The van der Waals surface area contributed by atoms with Crippen molar-refractivity contribution in [2.45, 2.75) is 19.9 Å². The van der Waals surface area contributed by atoms with Gasteiger partial charge in [-0.3, -0.25) is 4.68 Å². The van der Waals surface area contributed by atoms with Crippen molar-refractivity contribution in [3.8, 4) is 10.6 Å². The highest BCUT2D eigenvalue weighted by molar-refractivity contribution is 7.19. The zero-order valence-corrected chi connectivity index (χ0v) is 10.9. The molecule has 2 rings (SSSR count). The Morgan fingerprint density at radius 2 is 2.24 bits per heavy atom. The first-order valence-corrected chi connectivity index (χ1v) is 6.27. The second-order valence-electron chi connectivity index (χ2n) is 3.86. The standard InChI is InChI=1S/C11H11ClN2O2S/c1-6(2)14-8(11(15)16)5-7(13-14)9-3-4-10(12)17-9/h3-6H,1-2H3,(H,15,16). The maximum absolute atomic E-state index is 11.1. The minimum absolute atomic E-state index is 0.00489. The van der Waals surface area contributed by atoms with E-state index in [1.54, 1.807) is 12.1 Å². The van der Waals surface area contributed by atoms with Gasteiger partial charge in [-0.15, -0.1) is 11.3 Å². The number of hydrogen-bond acceptors (Lipinski definition) is 3. The van der Waals surface area contributed by atoms with Crippen LogP contribution in [0.2, 0.25) is 4.34 Å². The molecular weight excluding hydrogens is 260 g/mol. The highest BCUT2D eigenvalue weighted by atomic mass is 35.5. The number of aromatic carboxylic acids is 1. The Morgan fingerprint density at radius 3 is 2.65 bits per heavy atom. The lowest BCUT2D eigenvalue weighted by Gasteiger charge is -2.06. The highest BCUT2D eigenvalue weighted by Gasteiger charge is 2.17. The summed E-state index contributed by atoms with van der Waals surface area (Å²) >= 11 is 7.23. The Hall–Kier alpha value is -1.33. The maximum Gasteiger partial charge on any atom is 0.354 e. The fourth-order valence-electron chi connectivity index (χ4n) is 1.52. The van der Waals surface area contributed by atoms with Crippen LogP contribution in [0, 0.1) is 0 Å². The fourth-order valence-corrected chi connectivity index (χ4v) is 2.52. The summed E-state index contributed by atoms with van der Waals surface area (Å²) in [4.78, 5) is 12.0. The number of carbonyl (C=O) groups is 1. The molecule has 0 fully saturated rings. The fraction of sp³-hybridized carbons (Fsp3) is 0.273. The molecule has 90 valence electrons. The summed E-state index contributed by atoms with van der Waals surface area (Å²) in [6.45, 7) is 3.79. The molecule has 17 heavy (non-hydrogen) atoms. The third-order valence-electron chi connectivity index (χ3n) is 2.27. The lowest BCUT2D eigenvalue weighted by Crippen LogP contribution is -2.11. The van der Waals surface area contributed by atoms with Crippen LogP contribution < -0.4 is 0 Å². The lowest BCUT2D eigenvalue weighted by molar-refractivity contribution is 0.0681. The van der Waals surface area contributed by atoms with Crippen molar-refractivity contribution >= 4 is 28.9 Å². The third-order valence-corrected chi connectivity index (χ3v) is 3.52. The summed E-state index contributed by atoms with van der Waals surface area (Å²) in [5.41, 5.74) is 0.840. The molecule has 0 amide bonds. The molecule has 0 aliphatic carbocycles. The molecule has 0 aromatic carbocycles. The number of hydrogen-bond donors (Lipinski definition) is 1. The molecule has 2 aromatic rings. The van der Waals surface area contributed by atoms with E-state index in [-0.39, 0.29) is 11.7 Å². The minimum Gasteiger partial charge on any atom is -0.477 e. The van der Waals surface area contributed by atoms with E-state index >= 15 is 0 Å². The van der Waals surface area contributed by atoms with E-state index in [0.717, 1.165) is 4.88 Å². The second-order valence-corrected chi connectivity index (χ2v) is 5.58. The van der Waals surface area contributed by atoms with Crippen LogP contribution in [-0.4, -0.2) is 20.9 Å². The summed E-state index contributed by atoms with van der Waals surface area (Å²) in [6.07, 6.45) is 0. The molecular formula is C11H11ClN2O2S. The maximum atomic E-state index is 11.1. The van der Waals surface area contributed by atoms with E-state index in [1.165, 1.54) is 16.0 Å². The first-order chi connectivity index (χ1) is 7.99. The number of carboxylic acid groups (broad SMARTS) is 1. The first-order valence-electron chi connectivity index (χ1n) is 5.07. The quantitative estimate of drug-likeness (QED) is 0.928. The average molecular weight is 271 g/mol. The van der Waals surface area contributed by atoms with Crippen molar-refractivity contribution in [1.29, 1.82) is 0 Å². The number of halogens is 1. The van der Waals surface area contributed by atoms with Crippen molar-refractivity contribution in [2.75, 3.05) is 0 Å². The van der Waals surface area contributed by atoms with Gasteiger partial charge < -0.3 is 5.11 Å². The number of thiophene rings is 1. The zero-order chi connectivity index (χ0) is 12.6. The number of carboxylic acids is 1. The smallest absolute Gasteiger partial charge is 0.354 e. The molecule has 0 atom stereocenters. The monoisotopic (exact) mass is 270 g/mol. The van der Waals surface area contributed by atoms with E-state index in [4.69, 9.17) is 16.7 Å². The third kappa shape index (κ3) is 2.35. The minimum atomic E-state index is -0.972. The molecule has 1 N–H and O–H groups in total. The van der Waals surface area contributed by atoms with Crippen molar-refractivity contribution in [3.63, 3.8) is 0 Å². The van der Waals surface area contributed by atoms with Crippen molar-refractivity contribution in [3.05, 3.63) is 28.2 Å². The molecule has 2 heterocycles. The van der Waals surface area contributed by atoms with Crippen LogP contribution in [0.1, 0.15) is 30.4 Å². The van der Waals surface area contributed by atoms with Crippen LogP contribution in [0.4, 0.5) is 0 Å². The van der Waals surface area contributed by atoms with Gasteiger partial charge in [0.2, 0.25) is 0 Å². The van der Waals surface area contributed by atoms with Gasteiger partial charge in [0.1, 0.15) is 11.4 Å². The van der Waals surface area contributed by atoms with Gasteiger partial charge in [-0.25, -0.2) is 4.79 Å². The molecule has 0 aliphatic heterocycles. The van der Waals surface area contributed by atoms with Gasteiger partial charge >= 0.3 is 5.97 Å². The van der Waals surface area contributed by atoms with Gasteiger partial charge in [0.25, 0.3) is 0 Å². The largest absolute Gasteiger partial charge is 0.477 e. The van der Waals surface area contributed by atoms with Gasteiger partial charge in [0.15, 0.2) is 0 Å². The molecule has 0 saturated carbocycles. The van der Waals surface area contributed by atoms with E-state index in [0.29, 0.717) is 10.0 Å². The molecule has 0 saturated heterocycles. The predicted octanol–water partition coefficient (Wildman–Crippen LogP) is 3.54. The van der Waals surface area contributed by atoms with Gasteiger partial charge in [0.05, 0.1) is 9.21 Å². The van der Waals surface area contributed by atoms with Gasteiger partial charge in [-0.2, -0.15) is 5.10 Å². The number of aromatic nitrogens is 2. The molecule has 0 unspecified atom stereocenters. The Balaban J connectivity index is 2.50. The predicted molar refractivity (Wildman–Crippen MR) is 67.9 cm³/mol. The van der Waals surface area contributed by atoms with Crippen molar-refractivity contribution < 1.29 is 9.90 Å². The van der Waals surface area contributed by atoms with Crippen LogP contribution >= 0.6 is 22.9 Å². The summed E-state index contributed by atoms with van der Waals surface area (Å²) in [5.74, 6) is -0.972. The number of nitrogens with zero attached hydrogens (tertiary/aromatic N) is 2. The zero-order valence-electron chi connectivity index (χ0n) is 9.35. The normalized spacial score (nSPS) is 11.1. The molecule has 0 spiro atoms. The van der Waals surface area contributed by atoms with Crippen LogP contribution in [0.3, 0.4) is 0 Å². The lowest BCUT2D eigenvalue weighted by atomic mass is 10.3. The molecule has 0 aliphatic rings. The SMILES string of the molecule is CC(C)n1nc(-c2ccc(Cl)s2)cc1C(=O)O. The van der Waals surface area contributed by atoms with Crippen LogP contribution in [0.15, 0.2) is 18.2 Å². The summed E-state index contributed by atoms with van der Waals surface area (Å²) in [5, 5.41) is 13.4. The molecule has 6 heteroatoms. The molecule has 2 aromatic heterocycles. The molecule has 4 nitrogen and oxygen atoms in total. The topological polar surface area (TPSA) is 55.1 Å². The van der Waals surface area contributed by atoms with Crippen LogP contribution in [-0.2, 0) is 0 Å². The van der Waals surface area contributed by atoms with Gasteiger partial charge in [-0.1, -0.05) is 11.6 Å². The van der Waals surface area contributed by atoms with Gasteiger partial charge in [-0.05, 0) is 32.0 Å². The van der Waals surface area contributed by atoms with Crippen LogP contribution in [0.25, 0.3) is 10.6 Å². The highest BCUT2D eigenvalue weighted by Crippen LogP contribution is 2.31. The molecule has 0 radical (unpaired) electrons. The van der Waals surface area contributed by atoms with Gasteiger partial charge in [0, 0.05) is 6.04 Å². The second kappa shape index (κ2) is 4.50. The first kappa shape index (κ1) is 12.1. The van der Waals surface area contributed by atoms with Crippen molar-refractivity contribution in [2.24, 2.45) is 0 Å². The van der Waals surface area contributed by atoms with Crippen LogP contribution in [0.5, 0.6) is 0 Å².